The Bertz CT molecular complexity index is 1370. The molecule has 2 N–H and O–H groups in total. The zero-order chi connectivity index (χ0) is 21.2. The Morgan fingerprint density at radius 1 is 0.871 bits per heavy atom. The number of aryl methyl sites for hydroxylation is 2. The molecule has 0 unspecified atom stereocenters. The lowest BCUT2D eigenvalue weighted by atomic mass is 10.1. The molecule has 4 aromatic heterocycles. The molecule has 0 aliphatic rings. The maximum atomic E-state index is 5.22. The van der Waals surface area contributed by atoms with E-state index >= 15 is 0 Å². The van der Waals surface area contributed by atoms with Gasteiger partial charge in [-0.3, -0.25) is 4.98 Å². The number of pyridine rings is 1. The molecule has 0 amide bonds. The van der Waals surface area contributed by atoms with Gasteiger partial charge in [-0.1, -0.05) is 11.2 Å². The zero-order valence-corrected chi connectivity index (χ0v) is 16.9. The van der Waals surface area contributed by atoms with Crippen LogP contribution in [0.25, 0.3) is 22.4 Å². The fourth-order valence-corrected chi connectivity index (χ4v) is 3.21. The molecule has 0 fully saturated rings. The normalized spacial score (nSPS) is 10.9. The van der Waals surface area contributed by atoms with Crippen molar-refractivity contribution >= 4 is 34.2 Å². The van der Waals surface area contributed by atoms with Gasteiger partial charge in [-0.05, 0) is 49.7 Å². The van der Waals surface area contributed by atoms with E-state index in [1.54, 1.807) is 18.6 Å². The molecule has 9 nitrogen and oxygen atoms in total. The summed E-state index contributed by atoms with van der Waals surface area (Å²) in [5, 5.41) is 11.4. The Labute approximate surface area is 177 Å². The number of nitrogens with one attached hydrogen (secondary N) is 2. The molecule has 9 heteroatoms. The minimum atomic E-state index is 0.446. The molecule has 152 valence electrons. The molecule has 1 aromatic carbocycles. The van der Waals surface area contributed by atoms with E-state index in [-0.39, 0.29) is 0 Å². The van der Waals surface area contributed by atoms with E-state index < -0.39 is 0 Å². The Kier molecular flexibility index (Phi) is 4.68. The lowest BCUT2D eigenvalue weighted by molar-refractivity contribution is 0.442. The standard InChI is InChI=1S/C22H18N8O/c1-13-3-4-16(27-20-19-14(2)30-31-21(19)26-12-25-20)11-18(13)29-22-24-10-7-17(28-22)15-5-8-23-9-6-15/h3-12H,1-2H3,(H,24,28,29)(H,25,26,27). The van der Waals surface area contributed by atoms with Gasteiger partial charge in [-0.25, -0.2) is 15.0 Å². The summed E-state index contributed by atoms with van der Waals surface area (Å²) in [5.74, 6) is 1.14. The van der Waals surface area contributed by atoms with Gasteiger partial charge in [0.25, 0.3) is 5.71 Å². The first kappa shape index (κ1) is 18.6. The van der Waals surface area contributed by atoms with Gasteiger partial charge < -0.3 is 15.2 Å². The molecule has 31 heavy (non-hydrogen) atoms. The van der Waals surface area contributed by atoms with E-state index in [4.69, 9.17) is 4.52 Å². The average molecular weight is 410 g/mol. The zero-order valence-electron chi connectivity index (χ0n) is 16.9. The van der Waals surface area contributed by atoms with E-state index in [1.807, 2.05) is 50.2 Å². The van der Waals surface area contributed by atoms with Gasteiger partial charge in [-0.15, -0.1) is 0 Å². The molecule has 5 rings (SSSR count). The molecular formula is C22H18N8O. The van der Waals surface area contributed by atoms with Crippen LogP contribution in [0.1, 0.15) is 11.3 Å². The van der Waals surface area contributed by atoms with Crippen LogP contribution >= 0.6 is 0 Å². The Balaban J connectivity index is 1.44. The summed E-state index contributed by atoms with van der Waals surface area (Å²) in [6.07, 6.45) is 6.66. The number of fused-ring (bicyclic) bond motifs is 1. The summed E-state index contributed by atoms with van der Waals surface area (Å²) in [6.45, 7) is 3.88. The van der Waals surface area contributed by atoms with Crippen LogP contribution < -0.4 is 10.6 Å². The van der Waals surface area contributed by atoms with Crippen molar-refractivity contribution in [2.45, 2.75) is 13.8 Å². The molecule has 0 radical (unpaired) electrons. The predicted molar refractivity (Wildman–Crippen MR) is 117 cm³/mol. The van der Waals surface area contributed by atoms with Gasteiger partial charge in [0.15, 0.2) is 0 Å². The number of benzene rings is 1. The minimum Gasteiger partial charge on any atom is -0.339 e. The molecule has 0 aliphatic carbocycles. The topological polar surface area (TPSA) is 115 Å². The third kappa shape index (κ3) is 3.76. The largest absolute Gasteiger partial charge is 0.339 e. The van der Waals surface area contributed by atoms with E-state index in [2.05, 4.69) is 40.7 Å². The second-order valence-corrected chi connectivity index (χ2v) is 6.95. The van der Waals surface area contributed by atoms with E-state index in [9.17, 15) is 0 Å². The van der Waals surface area contributed by atoms with Crippen molar-refractivity contribution in [2.24, 2.45) is 0 Å². The van der Waals surface area contributed by atoms with Crippen molar-refractivity contribution in [2.75, 3.05) is 10.6 Å². The maximum Gasteiger partial charge on any atom is 0.263 e. The number of rotatable bonds is 5. The third-order valence-electron chi connectivity index (χ3n) is 4.82. The van der Waals surface area contributed by atoms with Gasteiger partial charge in [0.1, 0.15) is 17.5 Å². The third-order valence-corrected chi connectivity index (χ3v) is 4.82. The van der Waals surface area contributed by atoms with E-state index in [1.165, 1.54) is 6.33 Å². The Hall–Kier alpha value is -4.40. The van der Waals surface area contributed by atoms with Crippen LogP contribution in [0.3, 0.4) is 0 Å². The van der Waals surface area contributed by atoms with E-state index in [0.717, 1.165) is 39.3 Å². The quantitative estimate of drug-likeness (QED) is 0.430. The van der Waals surface area contributed by atoms with Crippen molar-refractivity contribution in [3.05, 3.63) is 72.6 Å². The highest BCUT2D eigenvalue weighted by Gasteiger charge is 2.13. The predicted octanol–water partition coefficient (Wildman–Crippen LogP) is 4.57. The highest BCUT2D eigenvalue weighted by molar-refractivity contribution is 5.89. The molecule has 0 aliphatic heterocycles. The minimum absolute atomic E-state index is 0.446. The summed E-state index contributed by atoms with van der Waals surface area (Å²) < 4.78 is 5.22. The molecule has 0 saturated heterocycles. The Morgan fingerprint density at radius 2 is 1.74 bits per heavy atom. The number of hydrogen-bond donors (Lipinski definition) is 2. The molecule has 0 bridgehead atoms. The van der Waals surface area contributed by atoms with Crippen molar-refractivity contribution < 1.29 is 4.52 Å². The average Bonchev–Trinajstić information content (AvgIpc) is 3.19. The van der Waals surface area contributed by atoms with Gasteiger partial charge in [0.2, 0.25) is 5.95 Å². The Morgan fingerprint density at radius 3 is 2.61 bits per heavy atom. The second kappa shape index (κ2) is 7.79. The van der Waals surface area contributed by atoms with E-state index in [0.29, 0.717) is 17.5 Å². The van der Waals surface area contributed by atoms with Crippen LogP contribution in [0.2, 0.25) is 0 Å². The smallest absolute Gasteiger partial charge is 0.263 e. The monoisotopic (exact) mass is 410 g/mol. The molecule has 0 spiro atoms. The lowest BCUT2D eigenvalue weighted by Crippen LogP contribution is -2.01. The maximum absolute atomic E-state index is 5.22. The van der Waals surface area contributed by atoms with Crippen molar-refractivity contribution in [1.29, 1.82) is 0 Å². The van der Waals surface area contributed by atoms with Gasteiger partial charge in [0, 0.05) is 35.5 Å². The first-order valence-electron chi connectivity index (χ1n) is 9.62. The first-order valence-corrected chi connectivity index (χ1v) is 9.62. The van der Waals surface area contributed by atoms with Crippen LogP contribution in [-0.2, 0) is 0 Å². The van der Waals surface area contributed by atoms with Crippen LogP contribution in [0.15, 0.2) is 65.8 Å². The van der Waals surface area contributed by atoms with Crippen molar-refractivity contribution in [3.8, 4) is 11.3 Å². The highest BCUT2D eigenvalue weighted by atomic mass is 16.5. The molecular weight excluding hydrogens is 392 g/mol. The highest BCUT2D eigenvalue weighted by Crippen LogP contribution is 2.29. The number of aromatic nitrogens is 6. The molecule has 0 saturated carbocycles. The summed E-state index contributed by atoms with van der Waals surface area (Å²) in [7, 11) is 0. The first-order chi connectivity index (χ1) is 15.2. The van der Waals surface area contributed by atoms with Crippen LogP contribution in [0.5, 0.6) is 0 Å². The lowest BCUT2D eigenvalue weighted by Gasteiger charge is -2.12. The number of nitrogens with zero attached hydrogens (tertiary/aromatic N) is 6. The second-order valence-electron chi connectivity index (χ2n) is 6.95. The van der Waals surface area contributed by atoms with Crippen molar-refractivity contribution in [3.63, 3.8) is 0 Å². The summed E-state index contributed by atoms with van der Waals surface area (Å²) >= 11 is 0. The fourth-order valence-electron chi connectivity index (χ4n) is 3.21. The molecule has 4 heterocycles. The molecule has 0 atom stereocenters. The van der Waals surface area contributed by atoms with Gasteiger partial charge in [-0.2, -0.15) is 4.98 Å². The summed E-state index contributed by atoms with van der Waals surface area (Å²) in [5.41, 5.74) is 5.75. The van der Waals surface area contributed by atoms with Crippen LogP contribution in [0, 0.1) is 13.8 Å². The SMILES string of the molecule is Cc1ccc(Nc2ncnc3onc(C)c23)cc1Nc1nccc(-c2ccncc2)n1. The van der Waals surface area contributed by atoms with Crippen molar-refractivity contribution in [1.82, 2.24) is 30.1 Å². The van der Waals surface area contributed by atoms with Crippen LogP contribution in [0.4, 0.5) is 23.1 Å². The van der Waals surface area contributed by atoms with Gasteiger partial charge >= 0.3 is 0 Å². The van der Waals surface area contributed by atoms with Gasteiger partial charge in [0.05, 0.1) is 11.4 Å². The fraction of sp³-hybridized carbons (Fsp3) is 0.0909. The van der Waals surface area contributed by atoms with Crippen LogP contribution in [-0.4, -0.2) is 30.1 Å². The summed E-state index contributed by atoms with van der Waals surface area (Å²) in [4.78, 5) is 21.5. The number of hydrogen-bond acceptors (Lipinski definition) is 9. The molecule has 5 aromatic rings. The summed E-state index contributed by atoms with van der Waals surface area (Å²) in [6, 6.07) is 11.7. The number of anilines is 4.